The Labute approximate surface area is 130 Å². The fraction of sp³-hybridized carbons (Fsp3) is 0.400. The molecule has 0 bridgehead atoms. The molecule has 2 rings (SSSR count). The van der Waals surface area contributed by atoms with Gasteiger partial charge in [0.05, 0.1) is 11.7 Å². The molecule has 1 unspecified atom stereocenters. The first kappa shape index (κ1) is 15.8. The lowest BCUT2D eigenvalue weighted by Crippen LogP contribution is -2.41. The Morgan fingerprint density at radius 1 is 1.43 bits per heavy atom. The van der Waals surface area contributed by atoms with Crippen molar-refractivity contribution < 1.29 is 4.74 Å². The van der Waals surface area contributed by atoms with Crippen LogP contribution in [-0.2, 0) is 19.9 Å². The van der Waals surface area contributed by atoms with Gasteiger partial charge in [0, 0.05) is 24.2 Å². The second kappa shape index (κ2) is 7.45. The first-order valence-corrected chi connectivity index (χ1v) is 7.36. The minimum Gasteiger partial charge on any atom is -0.492 e. The number of hydrogen-bond acceptors (Lipinski definition) is 4. The van der Waals surface area contributed by atoms with Crippen LogP contribution in [0.3, 0.4) is 0 Å². The number of hydrogen-bond donors (Lipinski definition) is 2. The number of ether oxygens (including phenoxy) is 1. The number of nitrogens with one attached hydrogen (secondary N) is 1. The van der Waals surface area contributed by atoms with Crippen LogP contribution in [0.25, 0.3) is 0 Å². The van der Waals surface area contributed by atoms with E-state index in [1.54, 1.807) is 6.07 Å². The normalized spacial score (nSPS) is 12.4. The number of nitrogens with zero attached hydrogens (tertiary/aromatic N) is 2. The first-order chi connectivity index (χ1) is 10.1. The Morgan fingerprint density at radius 2 is 2.24 bits per heavy atom. The molecule has 6 heteroatoms. The monoisotopic (exact) mass is 308 g/mol. The Balaban J connectivity index is 1.95. The summed E-state index contributed by atoms with van der Waals surface area (Å²) in [6.45, 7) is 2.55. The Morgan fingerprint density at radius 3 is 2.86 bits per heavy atom. The van der Waals surface area contributed by atoms with Crippen LogP contribution in [0.4, 0.5) is 0 Å². The van der Waals surface area contributed by atoms with Gasteiger partial charge in [0.1, 0.15) is 12.4 Å². The van der Waals surface area contributed by atoms with E-state index >= 15 is 0 Å². The number of benzene rings is 1. The quantitative estimate of drug-likeness (QED) is 0.607. The van der Waals surface area contributed by atoms with Crippen LogP contribution in [0.5, 0.6) is 5.75 Å². The third-order valence-electron chi connectivity index (χ3n) is 3.33. The van der Waals surface area contributed by atoms with E-state index in [1.165, 1.54) is 0 Å². The maximum absolute atomic E-state index is 5.93. The lowest BCUT2D eigenvalue weighted by atomic mass is 10.1. The molecule has 0 amide bonds. The standard InChI is InChI=1S/C15H21ClN4O/c1-3-12-8-14(20(2)19-12)9-13(18-17)10-21-15-6-4-5-11(16)7-15/h4-8,13,18H,3,9-10,17H2,1-2H3. The highest BCUT2D eigenvalue weighted by Gasteiger charge is 2.13. The highest BCUT2D eigenvalue weighted by atomic mass is 35.5. The topological polar surface area (TPSA) is 65.1 Å². The maximum Gasteiger partial charge on any atom is 0.120 e. The molecule has 0 aliphatic rings. The van der Waals surface area contributed by atoms with Crippen molar-refractivity contribution in [2.45, 2.75) is 25.8 Å². The van der Waals surface area contributed by atoms with Crippen LogP contribution >= 0.6 is 11.6 Å². The highest BCUT2D eigenvalue weighted by molar-refractivity contribution is 6.30. The van der Waals surface area contributed by atoms with E-state index in [0.29, 0.717) is 11.6 Å². The summed E-state index contributed by atoms with van der Waals surface area (Å²) in [4.78, 5) is 0. The minimum atomic E-state index is 0.00378. The Bertz CT molecular complexity index is 585. The van der Waals surface area contributed by atoms with Crippen LogP contribution in [0, 0.1) is 0 Å². The third-order valence-corrected chi connectivity index (χ3v) is 3.56. The molecule has 0 fully saturated rings. The highest BCUT2D eigenvalue weighted by Crippen LogP contribution is 2.17. The van der Waals surface area contributed by atoms with Gasteiger partial charge < -0.3 is 4.74 Å². The van der Waals surface area contributed by atoms with Gasteiger partial charge in [0.15, 0.2) is 0 Å². The van der Waals surface area contributed by atoms with Crippen LogP contribution in [0.1, 0.15) is 18.3 Å². The van der Waals surface area contributed by atoms with Crippen molar-refractivity contribution >= 4 is 11.6 Å². The fourth-order valence-corrected chi connectivity index (χ4v) is 2.29. The first-order valence-electron chi connectivity index (χ1n) is 6.98. The van der Waals surface area contributed by atoms with E-state index in [1.807, 2.05) is 29.9 Å². The van der Waals surface area contributed by atoms with Crippen molar-refractivity contribution in [1.29, 1.82) is 0 Å². The summed E-state index contributed by atoms with van der Waals surface area (Å²) < 4.78 is 7.62. The van der Waals surface area contributed by atoms with Gasteiger partial charge in [-0.3, -0.25) is 16.0 Å². The second-order valence-corrected chi connectivity index (χ2v) is 5.38. The molecule has 2 aromatic rings. The largest absolute Gasteiger partial charge is 0.492 e. The van der Waals surface area contributed by atoms with E-state index in [-0.39, 0.29) is 6.04 Å². The molecule has 1 heterocycles. The zero-order chi connectivity index (χ0) is 15.2. The molecule has 3 N–H and O–H groups in total. The lowest BCUT2D eigenvalue weighted by Gasteiger charge is -2.17. The van der Waals surface area contributed by atoms with Crippen molar-refractivity contribution in [3.8, 4) is 5.75 Å². The summed E-state index contributed by atoms with van der Waals surface area (Å²) in [5.41, 5.74) is 5.00. The molecule has 1 atom stereocenters. The smallest absolute Gasteiger partial charge is 0.120 e. The fourth-order valence-electron chi connectivity index (χ4n) is 2.11. The zero-order valence-corrected chi connectivity index (χ0v) is 13.1. The van der Waals surface area contributed by atoms with Crippen LogP contribution < -0.4 is 16.0 Å². The van der Waals surface area contributed by atoms with E-state index in [9.17, 15) is 0 Å². The average molecular weight is 309 g/mol. The molecular formula is C15H21ClN4O. The predicted octanol–water partition coefficient (Wildman–Crippen LogP) is 2.09. The average Bonchev–Trinajstić information content (AvgIpc) is 2.84. The molecule has 0 spiro atoms. The molecular weight excluding hydrogens is 288 g/mol. The van der Waals surface area contributed by atoms with Crippen molar-refractivity contribution in [3.63, 3.8) is 0 Å². The summed E-state index contributed by atoms with van der Waals surface area (Å²) in [6, 6.07) is 9.44. The van der Waals surface area contributed by atoms with Gasteiger partial charge >= 0.3 is 0 Å². The number of hydrazine groups is 1. The van der Waals surface area contributed by atoms with Crippen molar-refractivity contribution in [3.05, 3.63) is 46.7 Å². The van der Waals surface area contributed by atoms with Gasteiger partial charge in [-0.15, -0.1) is 0 Å². The molecule has 1 aromatic carbocycles. The van der Waals surface area contributed by atoms with E-state index in [0.717, 1.165) is 30.0 Å². The number of aromatic nitrogens is 2. The molecule has 0 aliphatic heterocycles. The number of aryl methyl sites for hydroxylation is 2. The van der Waals surface area contributed by atoms with Crippen LogP contribution in [-0.4, -0.2) is 22.4 Å². The summed E-state index contributed by atoms with van der Waals surface area (Å²) in [7, 11) is 1.94. The molecule has 5 nitrogen and oxygen atoms in total. The summed E-state index contributed by atoms with van der Waals surface area (Å²) in [5, 5.41) is 5.09. The summed E-state index contributed by atoms with van der Waals surface area (Å²) in [6.07, 6.45) is 1.67. The van der Waals surface area contributed by atoms with Crippen molar-refractivity contribution in [2.75, 3.05) is 6.61 Å². The molecule has 0 aliphatic carbocycles. The van der Waals surface area contributed by atoms with Crippen molar-refractivity contribution in [1.82, 2.24) is 15.2 Å². The third kappa shape index (κ3) is 4.46. The second-order valence-electron chi connectivity index (χ2n) is 4.94. The number of rotatable bonds is 7. The number of nitrogens with two attached hydrogens (primary N) is 1. The van der Waals surface area contributed by atoms with E-state index in [2.05, 4.69) is 23.5 Å². The van der Waals surface area contributed by atoms with Gasteiger partial charge in [-0.25, -0.2) is 0 Å². The molecule has 21 heavy (non-hydrogen) atoms. The van der Waals surface area contributed by atoms with Gasteiger partial charge in [-0.2, -0.15) is 5.10 Å². The van der Waals surface area contributed by atoms with Gasteiger partial charge in [-0.05, 0) is 30.7 Å². The molecule has 0 saturated carbocycles. The minimum absolute atomic E-state index is 0.00378. The molecule has 0 saturated heterocycles. The van der Waals surface area contributed by atoms with Gasteiger partial charge in [-0.1, -0.05) is 24.6 Å². The molecule has 1 aromatic heterocycles. The predicted molar refractivity (Wildman–Crippen MR) is 84.3 cm³/mol. The Hall–Kier alpha value is -1.56. The molecule has 0 radical (unpaired) electrons. The van der Waals surface area contributed by atoms with Gasteiger partial charge in [0.2, 0.25) is 0 Å². The molecule has 114 valence electrons. The lowest BCUT2D eigenvalue weighted by molar-refractivity contribution is 0.262. The summed E-state index contributed by atoms with van der Waals surface area (Å²) in [5.74, 6) is 6.36. The SMILES string of the molecule is CCc1cc(CC(COc2cccc(Cl)c2)NN)n(C)n1. The van der Waals surface area contributed by atoms with E-state index in [4.69, 9.17) is 22.2 Å². The van der Waals surface area contributed by atoms with E-state index < -0.39 is 0 Å². The van der Waals surface area contributed by atoms with Crippen molar-refractivity contribution in [2.24, 2.45) is 12.9 Å². The zero-order valence-electron chi connectivity index (χ0n) is 12.3. The number of halogens is 1. The maximum atomic E-state index is 5.93. The Kier molecular flexibility index (Phi) is 5.61. The van der Waals surface area contributed by atoms with Gasteiger partial charge in [0.25, 0.3) is 0 Å². The van der Waals surface area contributed by atoms with Crippen LogP contribution in [0.2, 0.25) is 5.02 Å². The summed E-state index contributed by atoms with van der Waals surface area (Å²) >= 11 is 5.93. The van der Waals surface area contributed by atoms with Crippen LogP contribution in [0.15, 0.2) is 30.3 Å².